The van der Waals surface area contributed by atoms with Crippen molar-refractivity contribution in [1.82, 2.24) is 10.6 Å². The molecule has 0 bridgehead atoms. The monoisotopic (exact) mass is 368 g/mol. The van der Waals surface area contributed by atoms with E-state index in [4.69, 9.17) is 4.74 Å². The van der Waals surface area contributed by atoms with E-state index in [1.165, 1.54) is 0 Å². The second-order valence-corrected chi connectivity index (χ2v) is 6.43. The van der Waals surface area contributed by atoms with Gasteiger partial charge in [0.2, 0.25) is 5.91 Å². The molecule has 2 N–H and O–H groups in total. The Labute approximate surface area is 156 Å². The molecule has 0 aromatic heterocycles. The van der Waals surface area contributed by atoms with Gasteiger partial charge in [0.05, 0.1) is 6.61 Å². The predicted molar refractivity (Wildman–Crippen MR) is 101 cm³/mol. The van der Waals surface area contributed by atoms with E-state index in [9.17, 15) is 9.59 Å². The van der Waals surface area contributed by atoms with Crippen molar-refractivity contribution in [2.75, 3.05) is 19.7 Å². The number of nitrogens with one attached hydrogen (secondary N) is 2. The zero-order chi connectivity index (χ0) is 17.4. The van der Waals surface area contributed by atoms with Gasteiger partial charge in [0.1, 0.15) is 0 Å². The number of hydrogen-bond donors (Lipinski definition) is 2. The molecule has 1 fully saturated rings. The predicted octanol–water partition coefficient (Wildman–Crippen LogP) is 2.85. The first-order valence-electron chi connectivity index (χ1n) is 8.83. The van der Waals surface area contributed by atoms with E-state index in [2.05, 4.69) is 17.6 Å². The fourth-order valence-corrected chi connectivity index (χ4v) is 3.24. The molecule has 0 saturated carbocycles. The summed E-state index contributed by atoms with van der Waals surface area (Å²) in [7, 11) is 0. The summed E-state index contributed by atoms with van der Waals surface area (Å²) >= 11 is 0. The van der Waals surface area contributed by atoms with Crippen molar-refractivity contribution in [2.24, 2.45) is 11.8 Å². The number of esters is 1. The van der Waals surface area contributed by atoms with Crippen LogP contribution in [0.3, 0.4) is 0 Å². The topological polar surface area (TPSA) is 67.4 Å². The summed E-state index contributed by atoms with van der Waals surface area (Å²) in [6.07, 6.45) is 2.65. The van der Waals surface area contributed by atoms with Gasteiger partial charge in [-0.25, -0.2) is 4.79 Å². The first kappa shape index (κ1) is 21.5. The summed E-state index contributed by atoms with van der Waals surface area (Å²) in [6, 6.07) is 8.51. The van der Waals surface area contributed by atoms with Crippen LogP contribution in [0.1, 0.15) is 44.7 Å². The van der Waals surface area contributed by atoms with Gasteiger partial charge < -0.3 is 15.4 Å². The maximum Gasteiger partial charge on any atom is 0.333 e. The molecule has 1 aromatic rings. The van der Waals surface area contributed by atoms with Crippen LogP contribution in [-0.4, -0.2) is 31.6 Å². The molecule has 6 heteroatoms. The molecule has 0 radical (unpaired) electrons. The minimum Gasteiger partial charge on any atom is -0.464 e. The lowest BCUT2D eigenvalue weighted by Gasteiger charge is -2.28. The van der Waals surface area contributed by atoms with Crippen molar-refractivity contribution in [2.45, 2.75) is 39.2 Å². The average Bonchev–Trinajstić information content (AvgIpc) is 2.61. The van der Waals surface area contributed by atoms with Gasteiger partial charge in [-0.3, -0.25) is 4.79 Å². The molecule has 1 aromatic carbocycles. The van der Waals surface area contributed by atoms with E-state index in [0.29, 0.717) is 24.9 Å². The molecule has 1 saturated heterocycles. The Hall–Kier alpha value is -1.59. The lowest BCUT2D eigenvalue weighted by Crippen LogP contribution is -2.37. The van der Waals surface area contributed by atoms with Crippen LogP contribution in [0.4, 0.5) is 0 Å². The summed E-state index contributed by atoms with van der Waals surface area (Å²) in [4.78, 5) is 24.7. The summed E-state index contributed by atoms with van der Waals surface area (Å²) in [5.74, 6) is 0.370. The van der Waals surface area contributed by atoms with Gasteiger partial charge in [0.15, 0.2) is 6.04 Å². The third-order valence-corrected chi connectivity index (χ3v) is 4.66. The summed E-state index contributed by atoms with van der Waals surface area (Å²) in [5, 5.41) is 6.20. The number of carbonyl (C=O) groups excluding carboxylic acids is 2. The van der Waals surface area contributed by atoms with Crippen LogP contribution in [0.2, 0.25) is 0 Å². The highest BCUT2D eigenvalue weighted by Gasteiger charge is 2.27. The third kappa shape index (κ3) is 6.67. The number of amides is 1. The zero-order valence-electron chi connectivity index (χ0n) is 15.0. The van der Waals surface area contributed by atoms with Crippen LogP contribution in [0.25, 0.3) is 0 Å². The van der Waals surface area contributed by atoms with Crippen molar-refractivity contribution in [3.05, 3.63) is 35.9 Å². The van der Waals surface area contributed by atoms with E-state index in [0.717, 1.165) is 31.5 Å². The number of benzene rings is 1. The maximum absolute atomic E-state index is 12.5. The Morgan fingerprint density at radius 3 is 2.48 bits per heavy atom. The number of carbonyl (C=O) groups is 2. The van der Waals surface area contributed by atoms with Gasteiger partial charge >= 0.3 is 5.97 Å². The van der Waals surface area contributed by atoms with E-state index >= 15 is 0 Å². The fraction of sp³-hybridized carbons (Fsp3) is 0.579. The van der Waals surface area contributed by atoms with Crippen molar-refractivity contribution in [1.29, 1.82) is 0 Å². The normalized spacial score (nSPS) is 17.0. The molecule has 1 amide bonds. The van der Waals surface area contributed by atoms with E-state index in [1.54, 1.807) is 6.92 Å². The van der Waals surface area contributed by atoms with Gasteiger partial charge in [0, 0.05) is 6.42 Å². The van der Waals surface area contributed by atoms with Crippen molar-refractivity contribution < 1.29 is 14.3 Å². The first-order valence-corrected chi connectivity index (χ1v) is 8.83. The largest absolute Gasteiger partial charge is 0.464 e. The minimum absolute atomic E-state index is 0. The summed E-state index contributed by atoms with van der Waals surface area (Å²) in [5.41, 5.74) is 0.749. The molecule has 140 valence electrons. The maximum atomic E-state index is 12.5. The average molecular weight is 369 g/mol. The Morgan fingerprint density at radius 2 is 1.88 bits per heavy atom. The Morgan fingerprint density at radius 1 is 1.24 bits per heavy atom. The summed E-state index contributed by atoms with van der Waals surface area (Å²) < 4.78 is 5.12. The van der Waals surface area contributed by atoms with E-state index in [1.807, 2.05) is 30.3 Å². The highest BCUT2D eigenvalue weighted by atomic mass is 35.5. The number of halogens is 1. The van der Waals surface area contributed by atoms with Crippen LogP contribution in [-0.2, 0) is 14.3 Å². The highest BCUT2D eigenvalue weighted by molar-refractivity contribution is 5.86. The molecule has 1 unspecified atom stereocenters. The first-order chi connectivity index (χ1) is 11.6. The van der Waals surface area contributed by atoms with Crippen LogP contribution in [0.5, 0.6) is 0 Å². The number of piperidine rings is 1. The van der Waals surface area contributed by atoms with Crippen LogP contribution in [0.15, 0.2) is 30.3 Å². The van der Waals surface area contributed by atoms with Gasteiger partial charge in [-0.05, 0) is 50.3 Å². The number of hydrogen-bond acceptors (Lipinski definition) is 4. The number of ether oxygens (including phenoxy) is 1. The molecule has 1 aliphatic heterocycles. The van der Waals surface area contributed by atoms with Crippen LogP contribution in [0, 0.1) is 11.8 Å². The van der Waals surface area contributed by atoms with Gasteiger partial charge in [-0.1, -0.05) is 37.3 Å². The molecule has 0 aliphatic carbocycles. The van der Waals surface area contributed by atoms with Crippen molar-refractivity contribution in [3.8, 4) is 0 Å². The van der Waals surface area contributed by atoms with Crippen molar-refractivity contribution >= 4 is 24.3 Å². The molecule has 2 atom stereocenters. The van der Waals surface area contributed by atoms with Crippen LogP contribution < -0.4 is 10.6 Å². The third-order valence-electron chi connectivity index (χ3n) is 4.66. The molecule has 0 spiro atoms. The molecule has 25 heavy (non-hydrogen) atoms. The van der Waals surface area contributed by atoms with Gasteiger partial charge in [-0.15, -0.1) is 12.4 Å². The Bertz CT molecular complexity index is 533. The molecular formula is C19H29ClN2O3. The molecule has 2 rings (SSSR count). The molecule has 1 aliphatic rings. The standard InChI is InChI=1S/C19H28N2O3.ClH/c1-3-24-19(23)18(16-7-5-4-6-8-16)21-17(22)13-14(2)15-9-11-20-12-10-15;/h4-8,14-15,18,20H,3,9-13H2,1-2H3,(H,21,22);1H/t14?,18-;/m1./s1. The van der Waals surface area contributed by atoms with E-state index < -0.39 is 12.0 Å². The quantitative estimate of drug-likeness (QED) is 0.726. The van der Waals surface area contributed by atoms with Crippen molar-refractivity contribution in [3.63, 3.8) is 0 Å². The highest BCUT2D eigenvalue weighted by Crippen LogP contribution is 2.24. The van der Waals surface area contributed by atoms with Gasteiger partial charge in [-0.2, -0.15) is 0 Å². The van der Waals surface area contributed by atoms with Crippen LogP contribution >= 0.6 is 12.4 Å². The number of rotatable bonds is 7. The lowest BCUT2D eigenvalue weighted by molar-refractivity contribution is -0.147. The Kier molecular flexibility index (Phi) is 9.53. The second-order valence-electron chi connectivity index (χ2n) is 6.43. The van der Waals surface area contributed by atoms with E-state index in [-0.39, 0.29) is 18.3 Å². The minimum atomic E-state index is -0.737. The summed E-state index contributed by atoms with van der Waals surface area (Å²) in [6.45, 7) is 6.22. The fourth-order valence-electron chi connectivity index (χ4n) is 3.24. The molecule has 5 nitrogen and oxygen atoms in total. The smallest absolute Gasteiger partial charge is 0.333 e. The second kappa shape index (κ2) is 11.1. The lowest BCUT2D eigenvalue weighted by atomic mass is 9.84. The SMILES string of the molecule is CCOC(=O)[C@H](NC(=O)CC(C)C1CCNCC1)c1ccccc1.Cl. The zero-order valence-corrected chi connectivity index (χ0v) is 15.8. The molecular weight excluding hydrogens is 340 g/mol. The molecule has 1 heterocycles. The Balaban J connectivity index is 0.00000312. The van der Waals surface area contributed by atoms with Gasteiger partial charge in [0.25, 0.3) is 0 Å².